The Labute approximate surface area is 179 Å². The van der Waals surface area contributed by atoms with E-state index in [-0.39, 0.29) is 30.3 Å². The zero-order valence-corrected chi connectivity index (χ0v) is 17.3. The molecular formula is C22H25N3O6. The number of allylic oxidation sites excluding steroid dienone is 5. The Balaban J connectivity index is 1.74. The number of Topliss-reactive ketones (excluding diaryl/α,β-unsaturated/α-hetero) is 2. The molecule has 2 unspecified atom stereocenters. The number of carbonyl (C=O) groups excluding carboxylic acids is 3. The van der Waals surface area contributed by atoms with Crippen LogP contribution in [0.1, 0.15) is 33.1 Å². The van der Waals surface area contributed by atoms with Gasteiger partial charge >= 0.3 is 5.97 Å². The molecule has 1 heterocycles. The van der Waals surface area contributed by atoms with Crippen LogP contribution in [0.2, 0.25) is 0 Å². The van der Waals surface area contributed by atoms with E-state index in [0.29, 0.717) is 29.3 Å². The van der Waals surface area contributed by atoms with Gasteiger partial charge in [-0.2, -0.15) is 0 Å². The average Bonchev–Trinajstić information content (AvgIpc) is 2.73. The van der Waals surface area contributed by atoms with Gasteiger partial charge in [-0.25, -0.2) is 4.99 Å². The number of hydrogen-bond acceptors (Lipinski definition) is 7. The molecule has 2 aliphatic carbocycles. The van der Waals surface area contributed by atoms with Gasteiger partial charge in [-0.05, 0) is 38.0 Å². The number of amides is 1. The molecule has 3 rings (SSSR count). The highest BCUT2D eigenvalue weighted by molar-refractivity contribution is 6.11. The number of fused-ring (bicyclic) bond motifs is 2. The van der Waals surface area contributed by atoms with E-state index in [0.717, 1.165) is 0 Å². The molecule has 0 radical (unpaired) electrons. The quantitative estimate of drug-likeness (QED) is 0.526. The third kappa shape index (κ3) is 5.24. The number of rotatable bonds is 8. The summed E-state index contributed by atoms with van der Waals surface area (Å²) in [4.78, 5) is 51.6. The summed E-state index contributed by atoms with van der Waals surface area (Å²) in [5, 5.41) is 11.4. The molecule has 1 aliphatic heterocycles. The van der Waals surface area contributed by atoms with Gasteiger partial charge < -0.3 is 20.9 Å². The lowest BCUT2D eigenvalue weighted by Gasteiger charge is -2.28. The van der Waals surface area contributed by atoms with E-state index in [1.807, 2.05) is 6.08 Å². The SMILES string of the molecule is CC(=O)N[C@@H](C)C(=O)C1C=C2OC3=CC(C(=O)[C@@H](N)CCC(=O)O)C=CC3=NC2=CC1. The van der Waals surface area contributed by atoms with Crippen LogP contribution in [0.5, 0.6) is 0 Å². The van der Waals surface area contributed by atoms with E-state index in [1.54, 1.807) is 31.2 Å². The molecule has 3 aliphatic rings. The van der Waals surface area contributed by atoms with Crippen molar-refractivity contribution in [2.75, 3.05) is 0 Å². The van der Waals surface area contributed by atoms with E-state index in [2.05, 4.69) is 10.3 Å². The van der Waals surface area contributed by atoms with Crippen LogP contribution in [-0.2, 0) is 23.9 Å². The maximum absolute atomic E-state index is 12.6. The molecule has 0 spiro atoms. The first kappa shape index (κ1) is 22.4. The number of hydrogen-bond donors (Lipinski definition) is 3. The number of ether oxygens (including phenoxy) is 1. The Morgan fingerprint density at radius 1 is 1.26 bits per heavy atom. The third-order valence-electron chi connectivity index (χ3n) is 5.25. The molecule has 0 bridgehead atoms. The Morgan fingerprint density at radius 2 is 2.00 bits per heavy atom. The van der Waals surface area contributed by atoms with Gasteiger partial charge in [0.15, 0.2) is 11.6 Å². The largest absolute Gasteiger partial charge is 0.481 e. The van der Waals surface area contributed by atoms with E-state index in [4.69, 9.17) is 15.6 Å². The summed E-state index contributed by atoms with van der Waals surface area (Å²) in [6, 6.07) is -1.52. The smallest absolute Gasteiger partial charge is 0.303 e. The predicted molar refractivity (Wildman–Crippen MR) is 112 cm³/mol. The Kier molecular flexibility index (Phi) is 6.65. The number of nitrogens with one attached hydrogen (secondary N) is 1. The van der Waals surface area contributed by atoms with Crippen LogP contribution in [0.25, 0.3) is 0 Å². The van der Waals surface area contributed by atoms with E-state index >= 15 is 0 Å². The Morgan fingerprint density at radius 3 is 2.68 bits per heavy atom. The second-order valence-electron chi connectivity index (χ2n) is 7.74. The fraction of sp³-hybridized carbons (Fsp3) is 0.409. The number of nitrogens with zero attached hydrogens (tertiary/aromatic N) is 1. The standard InChI is InChI=1S/C22H25N3O6/c1-11(24-12(2)26)21(29)13-3-6-16-18(9-13)31-19-10-14(4-7-17(19)25-16)22(30)15(23)5-8-20(27)28/h4,6-7,9-11,13-15H,3,5,8,23H2,1-2H3,(H,24,26)(H,27,28)/t11-,13?,14?,15-/m0/s1. The second kappa shape index (κ2) is 9.22. The summed E-state index contributed by atoms with van der Waals surface area (Å²) in [5.74, 6) is -2.02. The minimum atomic E-state index is -1.01. The zero-order chi connectivity index (χ0) is 22.7. The molecule has 0 fully saturated rings. The number of carboxylic acids is 1. The van der Waals surface area contributed by atoms with Crippen molar-refractivity contribution in [1.82, 2.24) is 5.32 Å². The predicted octanol–water partition coefficient (Wildman–Crippen LogP) is 1.17. The molecule has 4 atom stereocenters. The van der Waals surface area contributed by atoms with Crippen LogP contribution in [0.3, 0.4) is 0 Å². The summed E-state index contributed by atoms with van der Waals surface area (Å²) in [7, 11) is 0. The van der Waals surface area contributed by atoms with Crippen LogP contribution in [0.15, 0.2) is 52.6 Å². The van der Waals surface area contributed by atoms with Gasteiger partial charge in [0.25, 0.3) is 0 Å². The van der Waals surface area contributed by atoms with Gasteiger partial charge in [-0.1, -0.05) is 12.2 Å². The monoisotopic (exact) mass is 427 g/mol. The fourth-order valence-corrected chi connectivity index (χ4v) is 3.61. The van der Waals surface area contributed by atoms with Crippen molar-refractivity contribution in [2.24, 2.45) is 22.6 Å². The van der Waals surface area contributed by atoms with Gasteiger partial charge in [-0.3, -0.25) is 19.2 Å². The summed E-state index contributed by atoms with van der Waals surface area (Å²) in [6.45, 7) is 2.99. The van der Waals surface area contributed by atoms with Crippen molar-refractivity contribution in [1.29, 1.82) is 0 Å². The number of aliphatic carboxylic acids is 1. The molecule has 31 heavy (non-hydrogen) atoms. The fourth-order valence-electron chi connectivity index (χ4n) is 3.61. The van der Waals surface area contributed by atoms with Gasteiger partial charge in [0.05, 0.1) is 18.0 Å². The molecule has 1 amide bonds. The number of carbonyl (C=O) groups is 4. The molecule has 0 saturated heterocycles. The highest BCUT2D eigenvalue weighted by Gasteiger charge is 2.32. The number of aliphatic imine (C=N–C) groups is 1. The lowest BCUT2D eigenvalue weighted by Crippen LogP contribution is -2.40. The maximum Gasteiger partial charge on any atom is 0.303 e. The molecule has 4 N–H and O–H groups in total. The molecule has 0 aromatic rings. The summed E-state index contributed by atoms with van der Waals surface area (Å²) in [6.07, 6.45) is 8.76. The minimum Gasteiger partial charge on any atom is -0.481 e. The molecule has 9 nitrogen and oxygen atoms in total. The normalized spacial score (nSPS) is 23.5. The van der Waals surface area contributed by atoms with E-state index in [1.165, 1.54) is 6.92 Å². The second-order valence-corrected chi connectivity index (χ2v) is 7.74. The number of carboxylic acid groups (broad SMARTS) is 1. The molecule has 0 saturated carbocycles. The van der Waals surface area contributed by atoms with Crippen LogP contribution in [-0.4, -0.2) is 46.3 Å². The van der Waals surface area contributed by atoms with Crippen LogP contribution in [0.4, 0.5) is 0 Å². The number of ketones is 2. The van der Waals surface area contributed by atoms with E-state index < -0.39 is 29.9 Å². The first-order chi connectivity index (χ1) is 14.7. The van der Waals surface area contributed by atoms with Crippen molar-refractivity contribution in [3.05, 3.63) is 47.6 Å². The van der Waals surface area contributed by atoms with E-state index in [9.17, 15) is 19.2 Å². The average molecular weight is 427 g/mol. The van der Waals surface area contributed by atoms with Gasteiger partial charge in [-0.15, -0.1) is 0 Å². The molecular weight excluding hydrogens is 402 g/mol. The van der Waals surface area contributed by atoms with Crippen LogP contribution < -0.4 is 11.1 Å². The van der Waals surface area contributed by atoms with Crippen LogP contribution >= 0.6 is 0 Å². The van der Waals surface area contributed by atoms with Crippen LogP contribution in [0, 0.1) is 11.8 Å². The van der Waals surface area contributed by atoms with Crippen molar-refractivity contribution in [2.45, 2.75) is 45.2 Å². The van der Waals surface area contributed by atoms with Crippen molar-refractivity contribution >= 4 is 29.2 Å². The molecule has 0 aromatic heterocycles. The first-order valence-electron chi connectivity index (χ1n) is 10.1. The number of nitrogens with two attached hydrogens (primary N) is 1. The summed E-state index contributed by atoms with van der Waals surface area (Å²) in [5.41, 5.74) is 7.02. The van der Waals surface area contributed by atoms with Gasteiger partial charge in [0.1, 0.15) is 22.9 Å². The summed E-state index contributed by atoms with van der Waals surface area (Å²) >= 11 is 0. The zero-order valence-electron chi connectivity index (χ0n) is 17.3. The van der Waals surface area contributed by atoms with Crippen molar-refractivity contribution < 1.29 is 29.0 Å². The Bertz CT molecular complexity index is 972. The molecule has 0 aromatic carbocycles. The topological polar surface area (TPSA) is 148 Å². The highest BCUT2D eigenvalue weighted by atomic mass is 16.5. The molecule has 164 valence electrons. The minimum absolute atomic E-state index is 0.0534. The lowest BCUT2D eigenvalue weighted by molar-refractivity contribution is -0.137. The first-order valence-corrected chi connectivity index (χ1v) is 10.1. The Hall–Kier alpha value is -3.33. The summed E-state index contributed by atoms with van der Waals surface area (Å²) < 4.78 is 5.94. The van der Waals surface area contributed by atoms with Gasteiger partial charge in [0.2, 0.25) is 5.91 Å². The highest BCUT2D eigenvalue weighted by Crippen LogP contribution is 2.34. The third-order valence-corrected chi connectivity index (χ3v) is 5.25. The van der Waals surface area contributed by atoms with Crippen molar-refractivity contribution in [3.63, 3.8) is 0 Å². The van der Waals surface area contributed by atoms with Gasteiger partial charge in [0, 0.05) is 19.3 Å². The lowest BCUT2D eigenvalue weighted by atomic mass is 9.89. The van der Waals surface area contributed by atoms with Crippen molar-refractivity contribution in [3.8, 4) is 0 Å². The maximum atomic E-state index is 12.6. The molecule has 9 heteroatoms.